The fourth-order valence-electron chi connectivity index (χ4n) is 5.07. The van der Waals surface area contributed by atoms with Gasteiger partial charge in [0.15, 0.2) is 5.75 Å². The van der Waals surface area contributed by atoms with Crippen LogP contribution in [0.25, 0.3) is 11.3 Å². The fourth-order valence-corrected chi connectivity index (χ4v) is 5.07. The molecular weight excluding hydrogens is 431 g/mol. The zero-order valence-electron chi connectivity index (χ0n) is 20.1. The van der Waals surface area contributed by atoms with Gasteiger partial charge in [-0.15, -0.1) is 0 Å². The van der Waals surface area contributed by atoms with E-state index in [4.69, 9.17) is 9.15 Å². The second-order valence-electron chi connectivity index (χ2n) is 9.41. The molecule has 4 rings (SSSR count). The minimum Gasteiger partial charge on any atom is -0.457 e. The number of rotatable bonds is 7. The van der Waals surface area contributed by atoms with E-state index in [1.807, 2.05) is 36.4 Å². The van der Waals surface area contributed by atoms with Gasteiger partial charge in [0.05, 0.1) is 0 Å². The molecule has 34 heavy (non-hydrogen) atoms. The van der Waals surface area contributed by atoms with Crippen molar-refractivity contribution in [2.24, 2.45) is 11.8 Å². The number of nitrogens with zero attached hydrogens (tertiary/aromatic N) is 1. The summed E-state index contributed by atoms with van der Waals surface area (Å²) in [6.07, 6.45) is 3.67. The Morgan fingerprint density at radius 2 is 1.82 bits per heavy atom. The van der Waals surface area contributed by atoms with E-state index in [0.29, 0.717) is 35.7 Å². The Bertz CT molecular complexity index is 1090. The Labute approximate surface area is 200 Å². The number of hydrogen-bond donors (Lipinski definition) is 1. The van der Waals surface area contributed by atoms with E-state index in [-0.39, 0.29) is 11.9 Å². The van der Waals surface area contributed by atoms with Crippen molar-refractivity contribution in [3.05, 3.63) is 77.8 Å². The molecule has 1 unspecified atom stereocenters. The van der Waals surface area contributed by atoms with E-state index in [0.717, 1.165) is 36.8 Å². The van der Waals surface area contributed by atoms with Crippen LogP contribution in [0.3, 0.4) is 0 Å². The van der Waals surface area contributed by atoms with Crippen molar-refractivity contribution in [1.82, 2.24) is 10.2 Å². The molecule has 0 saturated heterocycles. The average molecular weight is 465 g/mol. The third kappa shape index (κ3) is 5.86. The predicted molar refractivity (Wildman–Crippen MR) is 131 cm³/mol. The van der Waals surface area contributed by atoms with E-state index < -0.39 is 6.09 Å². The summed E-state index contributed by atoms with van der Waals surface area (Å²) in [7, 11) is 4.11. The molecule has 1 saturated carbocycles. The van der Waals surface area contributed by atoms with Gasteiger partial charge in [-0.2, -0.15) is 0 Å². The highest BCUT2D eigenvalue weighted by Crippen LogP contribution is 2.39. The number of carbonyl (C=O) groups is 1. The summed E-state index contributed by atoms with van der Waals surface area (Å²) in [5.41, 5.74) is 1.97. The van der Waals surface area contributed by atoms with Gasteiger partial charge in [0.2, 0.25) is 0 Å². The molecule has 2 aromatic carbocycles. The highest BCUT2D eigenvalue weighted by Gasteiger charge is 2.30. The van der Waals surface area contributed by atoms with Crippen LogP contribution in [-0.2, 0) is 0 Å². The molecule has 0 bridgehead atoms. The summed E-state index contributed by atoms with van der Waals surface area (Å²) in [5, 5.41) is 2.92. The van der Waals surface area contributed by atoms with Gasteiger partial charge in [0.1, 0.15) is 17.3 Å². The lowest BCUT2D eigenvalue weighted by molar-refractivity contribution is 0.146. The van der Waals surface area contributed by atoms with E-state index >= 15 is 0 Å². The summed E-state index contributed by atoms with van der Waals surface area (Å²) in [6, 6.07) is 18.6. The number of carbonyl (C=O) groups excluding carboxylic acids is 1. The predicted octanol–water partition coefficient (Wildman–Crippen LogP) is 6.59. The fraction of sp³-hybridized carbons (Fsp3) is 0.393. The minimum atomic E-state index is -0.462. The second kappa shape index (κ2) is 10.9. The summed E-state index contributed by atoms with van der Waals surface area (Å²) >= 11 is 0. The summed E-state index contributed by atoms with van der Waals surface area (Å²) < 4.78 is 25.1. The van der Waals surface area contributed by atoms with E-state index in [2.05, 4.69) is 24.3 Å². The van der Waals surface area contributed by atoms with Crippen LogP contribution in [-0.4, -0.2) is 31.6 Å². The summed E-state index contributed by atoms with van der Waals surface area (Å²) in [6.45, 7) is 2.37. The van der Waals surface area contributed by atoms with Crippen LogP contribution >= 0.6 is 0 Å². The minimum absolute atomic E-state index is 0.190. The smallest absolute Gasteiger partial charge is 0.412 e. The number of aryl methyl sites for hydroxylation is 1. The van der Waals surface area contributed by atoms with Crippen molar-refractivity contribution in [2.75, 3.05) is 20.6 Å². The van der Waals surface area contributed by atoms with Crippen molar-refractivity contribution in [2.45, 2.75) is 38.6 Å². The molecule has 1 aliphatic rings. The zero-order chi connectivity index (χ0) is 24.1. The van der Waals surface area contributed by atoms with Crippen molar-refractivity contribution < 1.29 is 18.3 Å². The SMILES string of the molecule is Cc1oc(-c2ccccc2)cc1OC(=O)NCC1CCC(C(c2cccc(F)c2)N(C)C)CC1. The molecule has 1 heterocycles. The maximum absolute atomic E-state index is 13.8. The summed E-state index contributed by atoms with van der Waals surface area (Å²) in [4.78, 5) is 14.6. The molecule has 0 aliphatic heterocycles. The Hall–Kier alpha value is -3.12. The van der Waals surface area contributed by atoms with Gasteiger partial charge in [0.25, 0.3) is 0 Å². The second-order valence-corrected chi connectivity index (χ2v) is 9.41. The first-order valence-corrected chi connectivity index (χ1v) is 11.9. The molecule has 1 atom stereocenters. The van der Waals surface area contributed by atoms with Crippen LogP contribution in [0.5, 0.6) is 5.75 Å². The van der Waals surface area contributed by atoms with Gasteiger partial charge in [0, 0.05) is 24.2 Å². The maximum atomic E-state index is 13.8. The molecule has 180 valence electrons. The van der Waals surface area contributed by atoms with Gasteiger partial charge >= 0.3 is 6.09 Å². The number of hydrogen-bond acceptors (Lipinski definition) is 4. The summed E-state index contributed by atoms with van der Waals surface area (Å²) in [5.74, 6) is 2.36. The van der Waals surface area contributed by atoms with Crippen molar-refractivity contribution >= 4 is 6.09 Å². The molecule has 1 amide bonds. The molecular formula is C28H33FN2O3. The lowest BCUT2D eigenvalue weighted by atomic mass is 9.76. The monoisotopic (exact) mass is 464 g/mol. The number of halogens is 1. The van der Waals surface area contributed by atoms with Crippen molar-refractivity contribution in [3.63, 3.8) is 0 Å². The third-order valence-corrected chi connectivity index (χ3v) is 6.75. The highest BCUT2D eigenvalue weighted by molar-refractivity contribution is 5.71. The molecule has 1 aliphatic carbocycles. The standard InChI is InChI=1S/C28H33FN2O3/c1-19-25(17-26(33-19)21-8-5-4-6-9-21)34-28(32)30-18-20-12-14-22(15-13-20)27(31(2)3)23-10-7-11-24(29)16-23/h4-11,16-17,20,22,27H,12-15,18H2,1-3H3,(H,30,32). The van der Waals surface area contributed by atoms with Gasteiger partial charge in [-0.25, -0.2) is 9.18 Å². The van der Waals surface area contributed by atoms with Crippen LogP contribution in [0, 0.1) is 24.6 Å². The third-order valence-electron chi connectivity index (χ3n) is 6.75. The Balaban J connectivity index is 1.27. The van der Waals surface area contributed by atoms with Gasteiger partial charge in [-0.3, -0.25) is 0 Å². The van der Waals surface area contributed by atoms with E-state index in [9.17, 15) is 9.18 Å². The molecule has 0 radical (unpaired) electrons. The molecule has 6 heteroatoms. The Morgan fingerprint density at radius 1 is 1.09 bits per heavy atom. The molecule has 3 aromatic rings. The topological polar surface area (TPSA) is 54.7 Å². The largest absolute Gasteiger partial charge is 0.457 e. The normalized spacial score (nSPS) is 19.1. The quantitative estimate of drug-likeness (QED) is 0.428. The van der Waals surface area contributed by atoms with Crippen molar-refractivity contribution in [3.8, 4) is 17.1 Å². The molecule has 1 fully saturated rings. The van der Waals surface area contributed by atoms with E-state index in [1.54, 1.807) is 25.1 Å². The van der Waals surface area contributed by atoms with Crippen LogP contribution in [0.4, 0.5) is 9.18 Å². The number of amides is 1. The Kier molecular flexibility index (Phi) is 7.68. The van der Waals surface area contributed by atoms with Crippen molar-refractivity contribution in [1.29, 1.82) is 0 Å². The van der Waals surface area contributed by atoms with Crippen LogP contribution in [0.15, 0.2) is 65.1 Å². The first kappa shape index (κ1) is 24.0. The van der Waals surface area contributed by atoms with Crippen LogP contribution in [0.1, 0.15) is 43.0 Å². The van der Waals surface area contributed by atoms with E-state index in [1.165, 1.54) is 6.07 Å². The molecule has 1 aromatic heterocycles. The molecule has 5 nitrogen and oxygen atoms in total. The first-order valence-electron chi connectivity index (χ1n) is 11.9. The van der Waals surface area contributed by atoms with Gasteiger partial charge in [-0.05, 0) is 76.2 Å². The lowest BCUT2D eigenvalue weighted by Gasteiger charge is -2.37. The first-order chi connectivity index (χ1) is 16.4. The lowest BCUT2D eigenvalue weighted by Crippen LogP contribution is -2.35. The van der Waals surface area contributed by atoms with Crippen LogP contribution in [0.2, 0.25) is 0 Å². The average Bonchev–Trinajstić information content (AvgIpc) is 3.19. The number of benzene rings is 2. The van der Waals surface area contributed by atoms with Gasteiger partial charge < -0.3 is 19.4 Å². The highest BCUT2D eigenvalue weighted by atomic mass is 19.1. The molecule has 0 spiro atoms. The molecule has 1 N–H and O–H groups in total. The maximum Gasteiger partial charge on any atom is 0.412 e. The number of ether oxygens (including phenoxy) is 1. The number of furan rings is 1. The van der Waals surface area contributed by atoms with Gasteiger partial charge in [-0.1, -0.05) is 42.5 Å². The number of nitrogens with one attached hydrogen (secondary N) is 1. The zero-order valence-corrected chi connectivity index (χ0v) is 20.1. The van der Waals surface area contributed by atoms with Crippen LogP contribution < -0.4 is 10.1 Å². The Morgan fingerprint density at radius 3 is 2.50 bits per heavy atom.